The summed E-state index contributed by atoms with van der Waals surface area (Å²) in [6.07, 6.45) is 0. The Bertz CT molecular complexity index is 3160. The summed E-state index contributed by atoms with van der Waals surface area (Å²) in [6, 6.07) is 67.6. The van der Waals surface area contributed by atoms with E-state index in [-0.39, 0.29) is 0 Å². The van der Waals surface area contributed by atoms with Gasteiger partial charge in [-0.15, -0.1) is 0 Å². The number of fused-ring (bicyclic) bond motifs is 6. The molecule has 0 unspecified atom stereocenters. The molecule has 3 heterocycles. The quantitative estimate of drug-likeness (QED) is 0.172. The lowest BCUT2D eigenvalue weighted by Gasteiger charge is -2.10. The molecule has 56 heavy (non-hydrogen) atoms. The third kappa shape index (κ3) is 5.45. The van der Waals surface area contributed by atoms with E-state index in [2.05, 4.69) is 126 Å². The summed E-state index contributed by atoms with van der Waals surface area (Å²) >= 11 is 0. The molecule has 0 saturated carbocycles. The number of hydrogen-bond acceptors (Lipinski definition) is 4. The molecular weight excluding hydrogens is 685 g/mol. The molecule has 11 rings (SSSR count). The summed E-state index contributed by atoms with van der Waals surface area (Å²) in [5.74, 6) is 1.95. The van der Waals surface area contributed by atoms with E-state index in [0.717, 1.165) is 55.4 Å². The second-order valence-electron chi connectivity index (χ2n) is 14.1. The van der Waals surface area contributed by atoms with Gasteiger partial charge in [0.15, 0.2) is 17.5 Å². The number of furan rings is 1. The van der Waals surface area contributed by atoms with Crippen molar-refractivity contribution in [1.29, 1.82) is 0 Å². The summed E-state index contributed by atoms with van der Waals surface area (Å²) in [5, 5.41) is 4.70. The van der Waals surface area contributed by atoms with Crippen molar-refractivity contribution in [3.63, 3.8) is 0 Å². The molecule has 0 bridgehead atoms. The van der Waals surface area contributed by atoms with Crippen LogP contribution in [0.15, 0.2) is 199 Å². The second kappa shape index (κ2) is 13.0. The molecule has 5 heteroatoms. The van der Waals surface area contributed by atoms with Crippen LogP contribution in [0.2, 0.25) is 0 Å². The van der Waals surface area contributed by atoms with Crippen LogP contribution in [0.4, 0.5) is 0 Å². The fourth-order valence-electron chi connectivity index (χ4n) is 7.89. The zero-order valence-electron chi connectivity index (χ0n) is 30.2. The molecule has 0 aliphatic heterocycles. The van der Waals surface area contributed by atoms with Crippen LogP contribution < -0.4 is 0 Å². The number of aromatic nitrogens is 4. The van der Waals surface area contributed by atoms with Gasteiger partial charge in [-0.25, -0.2) is 15.0 Å². The highest BCUT2D eigenvalue weighted by molar-refractivity contribution is 6.11. The van der Waals surface area contributed by atoms with Gasteiger partial charge in [0, 0.05) is 43.9 Å². The molecule has 0 atom stereocenters. The molecule has 0 fully saturated rings. The van der Waals surface area contributed by atoms with Crippen LogP contribution in [0.1, 0.15) is 0 Å². The number of rotatable bonds is 6. The van der Waals surface area contributed by atoms with Gasteiger partial charge >= 0.3 is 0 Å². The summed E-state index contributed by atoms with van der Waals surface area (Å²) in [7, 11) is 0. The van der Waals surface area contributed by atoms with Crippen LogP contribution in [-0.4, -0.2) is 19.5 Å². The van der Waals surface area contributed by atoms with E-state index >= 15 is 0 Å². The lowest BCUT2D eigenvalue weighted by molar-refractivity contribution is 0.669. The Hall–Kier alpha value is -7.63. The van der Waals surface area contributed by atoms with Crippen LogP contribution in [0.5, 0.6) is 0 Å². The molecule has 262 valence electrons. The number of nitrogens with zero attached hydrogens (tertiary/aromatic N) is 4. The average Bonchev–Trinajstić information content (AvgIpc) is 3.82. The number of hydrogen-bond donors (Lipinski definition) is 0. The fraction of sp³-hybridized carbons (Fsp3) is 0. The Morgan fingerprint density at radius 2 is 0.768 bits per heavy atom. The monoisotopic (exact) mass is 716 g/mol. The SMILES string of the molecule is c1ccc(-c2nc(-c3ccccc3)nc(-c3ccc(-c4ccc(-c5ccc6c(c5)c5ccccc5n6-c5ccc6oc7ccccc7c6c5)cc4)cc3)n2)cc1. The first-order valence-electron chi connectivity index (χ1n) is 18.8. The normalized spacial score (nSPS) is 11.6. The minimum Gasteiger partial charge on any atom is -0.456 e. The van der Waals surface area contributed by atoms with Crippen LogP contribution in [0.25, 0.3) is 106 Å². The third-order valence-electron chi connectivity index (χ3n) is 10.7. The van der Waals surface area contributed by atoms with Gasteiger partial charge in [0.25, 0.3) is 0 Å². The van der Waals surface area contributed by atoms with Crippen LogP contribution in [-0.2, 0) is 0 Å². The maximum absolute atomic E-state index is 6.14. The zero-order chi connectivity index (χ0) is 37.0. The average molecular weight is 717 g/mol. The van der Waals surface area contributed by atoms with Crippen molar-refractivity contribution in [2.75, 3.05) is 0 Å². The van der Waals surface area contributed by atoms with Crippen molar-refractivity contribution < 1.29 is 4.42 Å². The first kappa shape index (κ1) is 31.9. The topological polar surface area (TPSA) is 56.7 Å². The van der Waals surface area contributed by atoms with Crippen molar-refractivity contribution in [1.82, 2.24) is 19.5 Å². The predicted molar refractivity (Wildman–Crippen MR) is 229 cm³/mol. The number of benzene rings is 8. The Morgan fingerprint density at radius 1 is 0.304 bits per heavy atom. The van der Waals surface area contributed by atoms with E-state index in [4.69, 9.17) is 19.4 Å². The van der Waals surface area contributed by atoms with Crippen LogP contribution in [0, 0.1) is 0 Å². The molecule has 0 N–H and O–H groups in total. The molecule has 0 aliphatic carbocycles. The molecule has 5 nitrogen and oxygen atoms in total. The second-order valence-corrected chi connectivity index (χ2v) is 14.1. The van der Waals surface area contributed by atoms with Crippen molar-refractivity contribution in [2.45, 2.75) is 0 Å². The minimum atomic E-state index is 0.645. The lowest BCUT2D eigenvalue weighted by Crippen LogP contribution is -2.00. The van der Waals surface area contributed by atoms with Gasteiger partial charge in [-0.05, 0) is 64.7 Å². The fourth-order valence-corrected chi connectivity index (χ4v) is 7.89. The van der Waals surface area contributed by atoms with Gasteiger partial charge in [-0.1, -0.05) is 152 Å². The summed E-state index contributed by atoms with van der Waals surface area (Å²) in [5.41, 5.74) is 12.7. The summed E-state index contributed by atoms with van der Waals surface area (Å²) in [4.78, 5) is 14.6. The number of para-hydroxylation sites is 2. The van der Waals surface area contributed by atoms with E-state index in [0.29, 0.717) is 17.5 Å². The van der Waals surface area contributed by atoms with E-state index in [1.807, 2.05) is 72.8 Å². The molecule has 0 spiro atoms. The smallest absolute Gasteiger partial charge is 0.164 e. The van der Waals surface area contributed by atoms with E-state index in [9.17, 15) is 0 Å². The zero-order valence-corrected chi connectivity index (χ0v) is 30.2. The van der Waals surface area contributed by atoms with Crippen LogP contribution >= 0.6 is 0 Å². The van der Waals surface area contributed by atoms with Gasteiger partial charge < -0.3 is 8.98 Å². The highest BCUT2D eigenvalue weighted by atomic mass is 16.3. The van der Waals surface area contributed by atoms with Gasteiger partial charge in [-0.2, -0.15) is 0 Å². The van der Waals surface area contributed by atoms with E-state index in [1.165, 1.54) is 32.9 Å². The van der Waals surface area contributed by atoms with Gasteiger partial charge in [0.1, 0.15) is 11.2 Å². The van der Waals surface area contributed by atoms with Crippen molar-refractivity contribution in [3.8, 4) is 62.1 Å². The maximum Gasteiger partial charge on any atom is 0.164 e. The van der Waals surface area contributed by atoms with Crippen molar-refractivity contribution in [2.24, 2.45) is 0 Å². The first-order valence-corrected chi connectivity index (χ1v) is 18.8. The molecule has 3 aromatic heterocycles. The highest BCUT2D eigenvalue weighted by Crippen LogP contribution is 2.38. The molecule has 0 saturated heterocycles. The molecular formula is C51H32N4O. The first-order chi connectivity index (χ1) is 27.7. The van der Waals surface area contributed by atoms with Gasteiger partial charge in [0.05, 0.1) is 11.0 Å². The molecule has 0 aliphatic rings. The lowest BCUT2D eigenvalue weighted by atomic mass is 9.98. The van der Waals surface area contributed by atoms with Crippen molar-refractivity contribution >= 4 is 43.7 Å². The molecule has 0 radical (unpaired) electrons. The Kier molecular flexibility index (Phi) is 7.42. The summed E-state index contributed by atoms with van der Waals surface area (Å²) < 4.78 is 8.51. The van der Waals surface area contributed by atoms with Gasteiger partial charge in [0.2, 0.25) is 0 Å². The standard InChI is InChI=1S/C51H32N4O/c1-3-11-36(12-4-1)49-52-50(37-13-5-2-6-14-37)54-51(53-49)38-25-23-34(24-26-38)33-19-21-35(22-20-33)39-27-29-46-43(31-39)41-15-7-9-17-45(41)55(46)40-28-30-48-44(32-40)42-16-8-10-18-47(42)56-48/h1-32H. The minimum absolute atomic E-state index is 0.645. The molecule has 0 amide bonds. The predicted octanol–water partition coefficient (Wildman–Crippen LogP) is 13.2. The van der Waals surface area contributed by atoms with Gasteiger partial charge in [-0.3, -0.25) is 0 Å². The third-order valence-corrected chi connectivity index (χ3v) is 10.7. The van der Waals surface area contributed by atoms with Crippen molar-refractivity contribution in [3.05, 3.63) is 194 Å². The summed E-state index contributed by atoms with van der Waals surface area (Å²) in [6.45, 7) is 0. The van der Waals surface area contributed by atoms with Crippen LogP contribution in [0.3, 0.4) is 0 Å². The van der Waals surface area contributed by atoms with E-state index < -0.39 is 0 Å². The largest absolute Gasteiger partial charge is 0.456 e. The maximum atomic E-state index is 6.14. The molecule has 8 aromatic carbocycles. The highest BCUT2D eigenvalue weighted by Gasteiger charge is 2.16. The molecule has 11 aromatic rings. The Morgan fingerprint density at radius 3 is 1.41 bits per heavy atom. The Balaban J connectivity index is 0.918. The van der Waals surface area contributed by atoms with E-state index in [1.54, 1.807) is 0 Å². The Labute approximate surface area is 322 Å².